The third-order valence-corrected chi connectivity index (χ3v) is 9.51. The third-order valence-electron chi connectivity index (χ3n) is 6.05. The fraction of sp³-hybridized carbons (Fsp3) is 0.419. The van der Waals surface area contributed by atoms with Gasteiger partial charge in [0.25, 0.3) is 5.91 Å². The molecule has 252 valence electrons. The van der Waals surface area contributed by atoms with Crippen molar-refractivity contribution in [2.75, 3.05) is 18.5 Å². The standard InChI is InChI=1S/C31H41N4O8PS.ClH/c1-9-40-27(37)30(5,6)34-44(39,35-31(7,8)28(38)41-10-2)25-13-11-22(12-14-25)43-24-18-21(17-23(19-24)42-20(3)4)26(36)33-29-32-15-16-45-29;/h11-20H,9-10H2,1-8H3,(H,32,33,36)(H2,34,35,39);1H. The molecule has 3 aromatic rings. The summed E-state index contributed by atoms with van der Waals surface area (Å²) < 4.78 is 36.9. The summed E-state index contributed by atoms with van der Waals surface area (Å²) in [6.07, 6.45) is 1.44. The van der Waals surface area contributed by atoms with E-state index in [2.05, 4.69) is 20.5 Å². The second-order valence-corrected chi connectivity index (χ2v) is 14.3. The average molecular weight is 697 g/mol. The topological polar surface area (TPSA) is 154 Å². The largest absolute Gasteiger partial charge is 0.491 e. The van der Waals surface area contributed by atoms with E-state index in [4.69, 9.17) is 18.9 Å². The SMILES string of the molecule is CCOC(=O)C(C)(C)NP(=O)(NC(C)(C)C(=O)OCC)c1ccc(Oc2cc(OC(C)C)cc(C(=O)Nc3nccs3)c2)cc1.Cl. The molecular weight excluding hydrogens is 655 g/mol. The van der Waals surface area contributed by atoms with Gasteiger partial charge in [-0.3, -0.25) is 24.3 Å². The zero-order valence-electron chi connectivity index (χ0n) is 27.2. The smallest absolute Gasteiger partial charge is 0.326 e. The maximum atomic E-state index is 14.6. The summed E-state index contributed by atoms with van der Waals surface area (Å²) in [5, 5.41) is 11.1. The van der Waals surface area contributed by atoms with Crippen LogP contribution in [0.4, 0.5) is 5.13 Å². The molecule has 0 spiro atoms. The fourth-order valence-corrected chi connectivity index (χ4v) is 7.24. The summed E-state index contributed by atoms with van der Waals surface area (Å²) in [7, 11) is -3.88. The van der Waals surface area contributed by atoms with Crippen LogP contribution < -0.4 is 30.3 Å². The number of anilines is 1. The Morgan fingerprint density at radius 2 is 1.41 bits per heavy atom. The average Bonchev–Trinajstić information content (AvgIpc) is 3.45. The van der Waals surface area contributed by atoms with Crippen LogP contribution in [-0.2, 0) is 23.6 Å². The van der Waals surface area contributed by atoms with E-state index in [0.717, 1.165) is 0 Å². The van der Waals surface area contributed by atoms with Crippen molar-refractivity contribution in [2.24, 2.45) is 0 Å². The van der Waals surface area contributed by atoms with Crippen molar-refractivity contribution in [3.05, 3.63) is 59.6 Å². The van der Waals surface area contributed by atoms with Crippen molar-refractivity contribution in [2.45, 2.75) is 72.6 Å². The normalized spacial score (nSPS) is 11.8. The summed E-state index contributed by atoms with van der Waals surface area (Å²) in [6, 6.07) is 11.1. The van der Waals surface area contributed by atoms with E-state index in [0.29, 0.717) is 27.9 Å². The van der Waals surface area contributed by atoms with Gasteiger partial charge in [-0.25, -0.2) is 15.2 Å². The van der Waals surface area contributed by atoms with Gasteiger partial charge >= 0.3 is 11.9 Å². The van der Waals surface area contributed by atoms with Gasteiger partial charge in [0, 0.05) is 28.5 Å². The zero-order chi connectivity index (χ0) is 33.4. The first-order valence-corrected chi connectivity index (χ1v) is 17.0. The fourth-order valence-electron chi connectivity index (χ4n) is 4.08. The number of aromatic nitrogens is 1. The molecule has 2 aromatic carbocycles. The molecule has 0 saturated carbocycles. The van der Waals surface area contributed by atoms with Crippen LogP contribution in [0.2, 0.25) is 0 Å². The van der Waals surface area contributed by atoms with Crippen LogP contribution in [-0.4, -0.2) is 53.2 Å². The monoisotopic (exact) mass is 696 g/mol. The van der Waals surface area contributed by atoms with E-state index < -0.39 is 30.5 Å². The van der Waals surface area contributed by atoms with Gasteiger partial charge in [0.05, 0.1) is 19.3 Å². The Kier molecular flexibility index (Phi) is 13.8. The molecule has 0 atom stereocenters. The number of nitrogens with zero attached hydrogens (tertiary/aromatic N) is 1. The van der Waals surface area contributed by atoms with E-state index >= 15 is 0 Å². The van der Waals surface area contributed by atoms with Crippen molar-refractivity contribution < 1.29 is 37.9 Å². The molecule has 15 heteroatoms. The molecule has 1 aromatic heterocycles. The number of carbonyl (C=O) groups is 3. The highest BCUT2D eigenvalue weighted by Gasteiger charge is 2.43. The van der Waals surface area contributed by atoms with Crippen LogP contribution >= 0.6 is 31.2 Å². The van der Waals surface area contributed by atoms with Crippen molar-refractivity contribution in [3.8, 4) is 17.2 Å². The van der Waals surface area contributed by atoms with Gasteiger partial charge in [0.1, 0.15) is 28.3 Å². The van der Waals surface area contributed by atoms with Crippen molar-refractivity contribution in [1.29, 1.82) is 0 Å². The van der Waals surface area contributed by atoms with Gasteiger partial charge in [-0.15, -0.1) is 23.7 Å². The van der Waals surface area contributed by atoms with E-state index in [1.165, 1.54) is 11.3 Å². The Labute approximate surface area is 279 Å². The molecule has 3 N–H and O–H groups in total. The summed E-state index contributed by atoms with van der Waals surface area (Å²) in [6.45, 7) is 13.5. The van der Waals surface area contributed by atoms with Crippen molar-refractivity contribution in [3.63, 3.8) is 0 Å². The van der Waals surface area contributed by atoms with Crippen LogP contribution in [0.3, 0.4) is 0 Å². The Morgan fingerprint density at radius 1 is 0.870 bits per heavy atom. The summed E-state index contributed by atoms with van der Waals surface area (Å²) in [5.74, 6) is -0.475. The maximum absolute atomic E-state index is 14.6. The molecule has 3 rings (SSSR count). The molecular formula is C31H42ClN4O8PS. The molecule has 0 fully saturated rings. The first-order chi connectivity index (χ1) is 21.1. The molecule has 0 bridgehead atoms. The van der Waals surface area contributed by atoms with Gasteiger partial charge < -0.3 is 18.9 Å². The van der Waals surface area contributed by atoms with Gasteiger partial charge in [-0.2, -0.15) is 0 Å². The molecule has 1 amide bonds. The molecule has 0 aliphatic carbocycles. The summed E-state index contributed by atoms with van der Waals surface area (Å²) in [5.41, 5.74) is -2.47. The Morgan fingerprint density at radius 3 is 1.89 bits per heavy atom. The first kappa shape index (κ1) is 38.7. The van der Waals surface area contributed by atoms with Gasteiger partial charge in [-0.05, 0) is 91.8 Å². The minimum absolute atomic E-state index is 0. The minimum atomic E-state index is -3.88. The maximum Gasteiger partial charge on any atom is 0.326 e. The van der Waals surface area contributed by atoms with Gasteiger partial charge in [-0.1, -0.05) is 0 Å². The highest BCUT2D eigenvalue weighted by atomic mass is 35.5. The lowest BCUT2D eigenvalue weighted by Crippen LogP contribution is -2.55. The van der Waals surface area contributed by atoms with Crippen molar-refractivity contribution >= 4 is 59.5 Å². The number of hydrogen-bond donors (Lipinski definition) is 3. The third kappa shape index (κ3) is 10.5. The Hall–Kier alpha value is -3.48. The second-order valence-electron chi connectivity index (χ2n) is 11.3. The number of rotatable bonds is 15. The van der Waals surface area contributed by atoms with Crippen LogP contribution in [0.25, 0.3) is 0 Å². The number of esters is 2. The molecule has 0 radical (unpaired) electrons. The molecule has 0 aliphatic rings. The highest BCUT2D eigenvalue weighted by Crippen LogP contribution is 2.41. The van der Waals surface area contributed by atoms with E-state index in [1.807, 2.05) is 13.8 Å². The van der Waals surface area contributed by atoms with Crippen LogP contribution in [0, 0.1) is 0 Å². The molecule has 0 aliphatic heterocycles. The van der Waals surface area contributed by atoms with Crippen LogP contribution in [0.5, 0.6) is 17.2 Å². The number of benzene rings is 2. The number of halogens is 1. The minimum Gasteiger partial charge on any atom is -0.491 e. The van der Waals surface area contributed by atoms with Crippen molar-refractivity contribution in [1.82, 2.24) is 15.2 Å². The summed E-state index contributed by atoms with van der Waals surface area (Å²) >= 11 is 1.29. The lowest BCUT2D eigenvalue weighted by molar-refractivity contribution is -0.149. The molecule has 46 heavy (non-hydrogen) atoms. The molecule has 1 heterocycles. The predicted molar refractivity (Wildman–Crippen MR) is 181 cm³/mol. The Bertz CT molecular complexity index is 1500. The Balaban J connectivity index is 0.00000736. The number of thiazole rings is 1. The van der Waals surface area contributed by atoms with Gasteiger partial charge in [0.2, 0.25) is 7.44 Å². The highest BCUT2D eigenvalue weighted by molar-refractivity contribution is 7.68. The van der Waals surface area contributed by atoms with Gasteiger partial charge in [0.15, 0.2) is 5.13 Å². The lowest BCUT2D eigenvalue weighted by Gasteiger charge is -2.35. The van der Waals surface area contributed by atoms with E-state index in [-0.39, 0.29) is 42.9 Å². The zero-order valence-corrected chi connectivity index (χ0v) is 29.7. The van der Waals surface area contributed by atoms with Crippen LogP contribution in [0.15, 0.2) is 54.0 Å². The van der Waals surface area contributed by atoms with Crippen LogP contribution in [0.1, 0.15) is 65.7 Å². The number of nitrogens with one attached hydrogen (secondary N) is 3. The number of ether oxygens (including phenoxy) is 4. The number of hydrogen-bond acceptors (Lipinski definition) is 10. The summed E-state index contributed by atoms with van der Waals surface area (Å²) in [4.78, 5) is 42.5. The molecule has 12 nitrogen and oxygen atoms in total. The second kappa shape index (κ2) is 16.4. The predicted octanol–water partition coefficient (Wildman–Crippen LogP) is 6.08. The van der Waals surface area contributed by atoms with E-state index in [1.54, 1.807) is 95.6 Å². The quantitative estimate of drug-likeness (QED) is 0.125. The first-order valence-electron chi connectivity index (χ1n) is 14.4. The number of carbonyl (C=O) groups excluding carboxylic acids is 3. The molecule has 0 unspecified atom stereocenters. The lowest BCUT2D eigenvalue weighted by atomic mass is 10.1. The van der Waals surface area contributed by atoms with E-state index in [9.17, 15) is 18.9 Å². The number of amides is 1. The molecule has 0 saturated heterocycles.